The Bertz CT molecular complexity index is 344. The smallest absolute Gasteiger partial charge is 0.303 e. The number of carbonyl (C=O) groups is 1. The Kier molecular flexibility index (Phi) is 3.33. The molecule has 2 rings (SSSR count). The Hall–Kier alpha value is -0.940. The number of carboxylic acids is 1. The lowest BCUT2D eigenvalue weighted by atomic mass is 10.1. The Morgan fingerprint density at radius 1 is 1.73 bits per heavy atom. The van der Waals surface area contributed by atoms with Crippen molar-refractivity contribution in [2.24, 2.45) is 0 Å². The number of aromatic nitrogens is 1. The van der Waals surface area contributed by atoms with Crippen LogP contribution in [0.2, 0.25) is 0 Å². The third-order valence-corrected chi connectivity index (χ3v) is 3.40. The summed E-state index contributed by atoms with van der Waals surface area (Å²) in [5.41, 5.74) is 1.07. The maximum absolute atomic E-state index is 10.4. The number of ether oxygens (including phenoxy) is 1. The molecular formula is C10H13NO3S. The molecule has 4 nitrogen and oxygen atoms in total. The fourth-order valence-corrected chi connectivity index (χ4v) is 2.49. The normalized spacial score (nSPS) is 20.7. The van der Waals surface area contributed by atoms with Crippen LogP contribution in [0.25, 0.3) is 0 Å². The molecule has 0 bridgehead atoms. The fourth-order valence-electron chi connectivity index (χ4n) is 1.61. The summed E-state index contributed by atoms with van der Waals surface area (Å²) < 4.78 is 5.29. The highest BCUT2D eigenvalue weighted by atomic mass is 32.1. The highest BCUT2D eigenvalue weighted by Crippen LogP contribution is 2.26. The molecule has 1 saturated heterocycles. The van der Waals surface area contributed by atoms with Crippen molar-refractivity contribution in [3.63, 3.8) is 0 Å². The van der Waals surface area contributed by atoms with Crippen LogP contribution in [0.5, 0.6) is 0 Å². The molecule has 0 saturated carbocycles. The topological polar surface area (TPSA) is 59.4 Å². The number of hydrogen-bond donors (Lipinski definition) is 1. The first-order valence-corrected chi connectivity index (χ1v) is 5.87. The van der Waals surface area contributed by atoms with Crippen molar-refractivity contribution in [3.8, 4) is 0 Å². The first-order chi connectivity index (χ1) is 7.25. The second kappa shape index (κ2) is 4.72. The molecule has 1 atom stereocenters. The van der Waals surface area contributed by atoms with Gasteiger partial charge in [-0.15, -0.1) is 11.3 Å². The number of thiazole rings is 1. The van der Waals surface area contributed by atoms with E-state index in [1.165, 1.54) is 0 Å². The van der Waals surface area contributed by atoms with Gasteiger partial charge >= 0.3 is 5.97 Å². The second-order valence-corrected chi connectivity index (χ2v) is 4.56. The van der Waals surface area contributed by atoms with Gasteiger partial charge in [0, 0.05) is 24.3 Å². The van der Waals surface area contributed by atoms with Gasteiger partial charge in [-0.1, -0.05) is 0 Å². The van der Waals surface area contributed by atoms with Gasteiger partial charge in [-0.25, -0.2) is 4.98 Å². The van der Waals surface area contributed by atoms with Gasteiger partial charge < -0.3 is 9.84 Å². The number of aliphatic carboxylic acids is 1. The molecule has 1 N–H and O–H groups in total. The van der Waals surface area contributed by atoms with E-state index < -0.39 is 5.97 Å². The highest BCUT2D eigenvalue weighted by Gasteiger charge is 2.20. The molecule has 0 amide bonds. The van der Waals surface area contributed by atoms with Crippen LogP contribution in [0.15, 0.2) is 5.38 Å². The Morgan fingerprint density at radius 2 is 2.60 bits per heavy atom. The van der Waals surface area contributed by atoms with E-state index in [-0.39, 0.29) is 6.42 Å². The van der Waals surface area contributed by atoms with Gasteiger partial charge in [-0.05, 0) is 6.42 Å². The zero-order chi connectivity index (χ0) is 10.7. The van der Waals surface area contributed by atoms with E-state index in [4.69, 9.17) is 9.84 Å². The van der Waals surface area contributed by atoms with E-state index in [1.807, 2.05) is 5.38 Å². The van der Waals surface area contributed by atoms with Crippen molar-refractivity contribution < 1.29 is 14.6 Å². The molecular weight excluding hydrogens is 214 g/mol. The summed E-state index contributed by atoms with van der Waals surface area (Å²) in [5, 5.41) is 11.5. The minimum Gasteiger partial charge on any atom is -0.481 e. The van der Waals surface area contributed by atoms with Crippen LogP contribution in [-0.4, -0.2) is 29.3 Å². The van der Waals surface area contributed by atoms with Crippen LogP contribution in [0.3, 0.4) is 0 Å². The summed E-state index contributed by atoms with van der Waals surface area (Å²) in [6, 6.07) is 0. The first-order valence-electron chi connectivity index (χ1n) is 4.99. The molecule has 1 aliphatic heterocycles. The largest absolute Gasteiger partial charge is 0.481 e. The van der Waals surface area contributed by atoms with Crippen molar-refractivity contribution in [2.45, 2.75) is 25.2 Å². The summed E-state index contributed by atoms with van der Waals surface area (Å²) in [5.74, 6) is -0.351. The minimum absolute atomic E-state index is 0.161. The third-order valence-electron chi connectivity index (χ3n) is 2.47. The highest BCUT2D eigenvalue weighted by molar-refractivity contribution is 7.09. The van der Waals surface area contributed by atoms with E-state index in [2.05, 4.69) is 4.98 Å². The number of nitrogens with zero attached hydrogens (tertiary/aromatic N) is 1. The average Bonchev–Trinajstić information content (AvgIpc) is 2.85. The zero-order valence-corrected chi connectivity index (χ0v) is 9.13. The second-order valence-electron chi connectivity index (χ2n) is 3.62. The van der Waals surface area contributed by atoms with Gasteiger partial charge in [0.15, 0.2) is 0 Å². The van der Waals surface area contributed by atoms with Crippen LogP contribution in [0, 0.1) is 0 Å². The van der Waals surface area contributed by atoms with Gasteiger partial charge in [-0.2, -0.15) is 0 Å². The molecule has 1 aromatic heterocycles. The molecule has 1 aromatic rings. The third kappa shape index (κ3) is 2.76. The summed E-state index contributed by atoms with van der Waals surface area (Å²) in [4.78, 5) is 14.8. The van der Waals surface area contributed by atoms with Crippen LogP contribution in [-0.2, 0) is 16.0 Å². The maximum atomic E-state index is 10.4. The maximum Gasteiger partial charge on any atom is 0.303 e. The SMILES string of the molecule is O=C(O)CCc1nc(C2CCOC2)cs1. The molecule has 1 aliphatic rings. The molecule has 1 unspecified atom stereocenters. The van der Waals surface area contributed by atoms with Gasteiger partial charge in [-0.3, -0.25) is 4.79 Å². The van der Waals surface area contributed by atoms with E-state index in [1.54, 1.807) is 11.3 Å². The van der Waals surface area contributed by atoms with Gasteiger partial charge in [0.05, 0.1) is 23.7 Å². The zero-order valence-electron chi connectivity index (χ0n) is 8.31. The molecule has 1 fully saturated rings. The lowest BCUT2D eigenvalue weighted by Gasteiger charge is -2.01. The lowest BCUT2D eigenvalue weighted by Crippen LogP contribution is -2.00. The summed E-state index contributed by atoms with van der Waals surface area (Å²) >= 11 is 1.55. The standard InChI is InChI=1S/C10H13NO3S/c12-10(13)2-1-9-11-8(6-15-9)7-3-4-14-5-7/h6-7H,1-5H2,(H,12,13). The summed E-state index contributed by atoms with van der Waals surface area (Å²) in [6.07, 6.45) is 1.73. The van der Waals surface area contributed by atoms with Crippen LogP contribution >= 0.6 is 11.3 Å². The average molecular weight is 227 g/mol. The van der Waals surface area contributed by atoms with Crippen LogP contribution in [0.4, 0.5) is 0 Å². The fraction of sp³-hybridized carbons (Fsp3) is 0.600. The number of aryl methyl sites for hydroxylation is 1. The number of carboxylic acid groups (broad SMARTS) is 1. The van der Waals surface area contributed by atoms with Crippen LogP contribution < -0.4 is 0 Å². The Morgan fingerprint density at radius 3 is 3.27 bits per heavy atom. The molecule has 0 aromatic carbocycles. The van der Waals surface area contributed by atoms with E-state index >= 15 is 0 Å². The first kappa shape index (κ1) is 10.6. The number of hydrogen-bond acceptors (Lipinski definition) is 4. The molecule has 5 heteroatoms. The quantitative estimate of drug-likeness (QED) is 0.850. The van der Waals surface area contributed by atoms with Crippen molar-refractivity contribution >= 4 is 17.3 Å². The lowest BCUT2D eigenvalue weighted by molar-refractivity contribution is -0.136. The Labute approximate surface area is 91.9 Å². The monoisotopic (exact) mass is 227 g/mol. The van der Waals surface area contributed by atoms with Gasteiger partial charge in [0.25, 0.3) is 0 Å². The number of rotatable bonds is 4. The van der Waals surface area contributed by atoms with E-state index in [0.717, 1.165) is 30.3 Å². The van der Waals surface area contributed by atoms with Gasteiger partial charge in [0.1, 0.15) is 0 Å². The molecule has 0 spiro atoms. The van der Waals surface area contributed by atoms with Gasteiger partial charge in [0.2, 0.25) is 0 Å². The van der Waals surface area contributed by atoms with Crippen molar-refractivity contribution in [1.29, 1.82) is 0 Å². The predicted octanol–water partition coefficient (Wildman–Crippen LogP) is 1.66. The molecule has 15 heavy (non-hydrogen) atoms. The van der Waals surface area contributed by atoms with Crippen LogP contribution in [0.1, 0.15) is 29.5 Å². The predicted molar refractivity (Wildman–Crippen MR) is 56.2 cm³/mol. The van der Waals surface area contributed by atoms with Crippen molar-refractivity contribution in [1.82, 2.24) is 4.98 Å². The molecule has 82 valence electrons. The Balaban J connectivity index is 1.94. The van der Waals surface area contributed by atoms with E-state index in [0.29, 0.717) is 12.3 Å². The molecule has 0 aliphatic carbocycles. The minimum atomic E-state index is -0.768. The summed E-state index contributed by atoms with van der Waals surface area (Å²) in [6.45, 7) is 1.56. The summed E-state index contributed by atoms with van der Waals surface area (Å²) in [7, 11) is 0. The van der Waals surface area contributed by atoms with Crippen molar-refractivity contribution in [2.75, 3.05) is 13.2 Å². The molecule has 2 heterocycles. The van der Waals surface area contributed by atoms with E-state index in [9.17, 15) is 4.79 Å². The van der Waals surface area contributed by atoms with Crippen molar-refractivity contribution in [3.05, 3.63) is 16.1 Å². The molecule has 0 radical (unpaired) electrons.